The Kier molecular flexibility index (Phi) is 4.82. The predicted octanol–water partition coefficient (Wildman–Crippen LogP) is 3.57. The van der Waals surface area contributed by atoms with E-state index in [1.165, 1.54) is 29.4 Å². The topological polar surface area (TPSA) is 29.3 Å². The molecular formula is C15H23BrN2. The van der Waals surface area contributed by atoms with Crippen molar-refractivity contribution in [3.8, 4) is 0 Å². The molecule has 0 bridgehead atoms. The van der Waals surface area contributed by atoms with Crippen molar-refractivity contribution in [2.24, 2.45) is 11.7 Å². The molecular weight excluding hydrogens is 288 g/mol. The maximum absolute atomic E-state index is 6.25. The van der Waals surface area contributed by atoms with Crippen molar-refractivity contribution in [3.63, 3.8) is 0 Å². The highest BCUT2D eigenvalue weighted by Gasteiger charge is 2.30. The Morgan fingerprint density at radius 1 is 1.39 bits per heavy atom. The van der Waals surface area contributed by atoms with Crippen LogP contribution in [0.25, 0.3) is 0 Å². The molecule has 2 unspecified atom stereocenters. The van der Waals surface area contributed by atoms with E-state index in [1.54, 1.807) is 0 Å². The number of likely N-dealkylation sites (N-methyl/N-ethyl adjacent to an activating group) is 1. The van der Waals surface area contributed by atoms with Gasteiger partial charge in [-0.25, -0.2) is 0 Å². The molecule has 2 atom stereocenters. The zero-order valence-electron chi connectivity index (χ0n) is 11.3. The van der Waals surface area contributed by atoms with Gasteiger partial charge in [0.2, 0.25) is 0 Å². The lowest BCUT2D eigenvalue weighted by atomic mass is 9.99. The lowest BCUT2D eigenvalue weighted by molar-refractivity contribution is 0.177. The average molecular weight is 311 g/mol. The fourth-order valence-electron chi connectivity index (χ4n) is 2.60. The van der Waals surface area contributed by atoms with Crippen LogP contribution in [0.2, 0.25) is 0 Å². The maximum Gasteiger partial charge on any atom is 0.0507 e. The Bertz CT molecular complexity index is 388. The van der Waals surface area contributed by atoms with E-state index >= 15 is 0 Å². The number of hydrogen-bond donors (Lipinski definition) is 1. The van der Waals surface area contributed by atoms with Crippen molar-refractivity contribution in [2.45, 2.75) is 38.8 Å². The van der Waals surface area contributed by atoms with Crippen LogP contribution in [0.3, 0.4) is 0 Å². The second-order valence-corrected chi connectivity index (χ2v) is 6.21. The molecule has 1 aliphatic rings. The van der Waals surface area contributed by atoms with Crippen molar-refractivity contribution in [1.82, 2.24) is 4.90 Å². The zero-order valence-corrected chi connectivity index (χ0v) is 12.9. The minimum atomic E-state index is 0.141. The van der Waals surface area contributed by atoms with E-state index < -0.39 is 0 Å². The standard InChI is InChI=1S/C15H23BrN2/c1-3-18(10-12-8-9-12)15(11(2)17)13-6-4-5-7-14(13)16/h4-7,11-12,15H,3,8-10,17H2,1-2H3. The van der Waals surface area contributed by atoms with E-state index in [4.69, 9.17) is 5.73 Å². The van der Waals surface area contributed by atoms with E-state index in [0.29, 0.717) is 6.04 Å². The molecule has 0 amide bonds. The SMILES string of the molecule is CCN(CC1CC1)C(c1ccccc1Br)C(C)N. The third kappa shape index (κ3) is 3.34. The predicted molar refractivity (Wildman–Crippen MR) is 80.5 cm³/mol. The highest BCUT2D eigenvalue weighted by atomic mass is 79.9. The lowest BCUT2D eigenvalue weighted by Gasteiger charge is -2.34. The van der Waals surface area contributed by atoms with Gasteiger partial charge >= 0.3 is 0 Å². The summed E-state index contributed by atoms with van der Waals surface area (Å²) >= 11 is 3.66. The second kappa shape index (κ2) is 6.18. The van der Waals surface area contributed by atoms with Crippen LogP contribution in [0.5, 0.6) is 0 Å². The second-order valence-electron chi connectivity index (χ2n) is 5.36. The molecule has 0 spiro atoms. The lowest BCUT2D eigenvalue weighted by Crippen LogP contribution is -2.40. The number of nitrogens with zero attached hydrogens (tertiary/aromatic N) is 1. The zero-order chi connectivity index (χ0) is 13.1. The number of halogens is 1. The van der Waals surface area contributed by atoms with Crippen molar-refractivity contribution in [3.05, 3.63) is 34.3 Å². The quantitative estimate of drug-likeness (QED) is 0.870. The number of rotatable bonds is 6. The van der Waals surface area contributed by atoms with Gasteiger partial charge in [-0.2, -0.15) is 0 Å². The van der Waals surface area contributed by atoms with Crippen molar-refractivity contribution in [1.29, 1.82) is 0 Å². The molecule has 0 aliphatic heterocycles. The molecule has 18 heavy (non-hydrogen) atoms. The number of hydrogen-bond acceptors (Lipinski definition) is 2. The van der Waals surface area contributed by atoms with Gasteiger partial charge in [-0.15, -0.1) is 0 Å². The van der Waals surface area contributed by atoms with Gasteiger partial charge in [-0.3, -0.25) is 4.90 Å². The average Bonchev–Trinajstić information content (AvgIpc) is 3.14. The molecule has 2 N–H and O–H groups in total. The summed E-state index contributed by atoms with van der Waals surface area (Å²) in [6, 6.07) is 8.90. The maximum atomic E-state index is 6.25. The Labute approximate surface area is 119 Å². The van der Waals surface area contributed by atoms with E-state index in [-0.39, 0.29) is 6.04 Å². The molecule has 2 rings (SSSR count). The molecule has 1 aliphatic carbocycles. The van der Waals surface area contributed by atoms with Gasteiger partial charge in [-0.1, -0.05) is 41.1 Å². The first kappa shape index (κ1) is 14.0. The van der Waals surface area contributed by atoms with Crippen LogP contribution >= 0.6 is 15.9 Å². The first-order chi connectivity index (χ1) is 8.63. The fourth-order valence-corrected chi connectivity index (χ4v) is 3.12. The van der Waals surface area contributed by atoms with Gasteiger partial charge < -0.3 is 5.73 Å². The van der Waals surface area contributed by atoms with Crippen LogP contribution in [-0.2, 0) is 0 Å². The van der Waals surface area contributed by atoms with Crippen LogP contribution in [0.4, 0.5) is 0 Å². The summed E-state index contributed by atoms with van der Waals surface area (Å²) < 4.78 is 1.17. The minimum Gasteiger partial charge on any atom is -0.326 e. The van der Waals surface area contributed by atoms with E-state index in [1.807, 2.05) is 0 Å². The summed E-state index contributed by atoms with van der Waals surface area (Å²) in [5.74, 6) is 0.897. The molecule has 1 fully saturated rings. The Hall–Kier alpha value is -0.380. The van der Waals surface area contributed by atoms with Crippen LogP contribution in [0.1, 0.15) is 38.3 Å². The van der Waals surface area contributed by atoms with Gasteiger partial charge in [0.05, 0.1) is 6.04 Å². The highest BCUT2D eigenvalue weighted by molar-refractivity contribution is 9.10. The molecule has 0 heterocycles. The monoisotopic (exact) mass is 310 g/mol. The third-order valence-corrected chi connectivity index (χ3v) is 4.43. The van der Waals surface area contributed by atoms with E-state index in [9.17, 15) is 0 Å². The van der Waals surface area contributed by atoms with Crippen LogP contribution < -0.4 is 5.73 Å². The molecule has 1 aromatic carbocycles. The summed E-state index contributed by atoms with van der Waals surface area (Å²) in [5, 5.41) is 0. The van der Waals surface area contributed by atoms with Crippen molar-refractivity contribution >= 4 is 15.9 Å². The first-order valence-corrected chi connectivity index (χ1v) is 7.66. The van der Waals surface area contributed by atoms with Gasteiger partial charge in [0.15, 0.2) is 0 Å². The summed E-state index contributed by atoms with van der Waals surface area (Å²) in [5.41, 5.74) is 7.56. The Morgan fingerprint density at radius 3 is 2.56 bits per heavy atom. The van der Waals surface area contributed by atoms with Crippen LogP contribution in [-0.4, -0.2) is 24.0 Å². The Balaban J connectivity index is 2.23. The van der Waals surface area contributed by atoms with Gasteiger partial charge in [-0.05, 0) is 43.9 Å². The first-order valence-electron chi connectivity index (χ1n) is 6.87. The summed E-state index contributed by atoms with van der Waals surface area (Å²) in [6.07, 6.45) is 2.77. The van der Waals surface area contributed by atoms with Crippen LogP contribution in [0, 0.1) is 5.92 Å². The largest absolute Gasteiger partial charge is 0.326 e. The molecule has 2 nitrogen and oxygen atoms in total. The molecule has 1 aromatic rings. The van der Waals surface area contributed by atoms with E-state index in [0.717, 1.165) is 12.5 Å². The molecule has 0 radical (unpaired) electrons. The minimum absolute atomic E-state index is 0.141. The number of benzene rings is 1. The van der Waals surface area contributed by atoms with Gasteiger partial charge in [0.1, 0.15) is 0 Å². The smallest absolute Gasteiger partial charge is 0.0507 e. The highest BCUT2D eigenvalue weighted by Crippen LogP contribution is 2.35. The number of nitrogens with two attached hydrogens (primary N) is 1. The molecule has 0 aromatic heterocycles. The van der Waals surface area contributed by atoms with Crippen LogP contribution in [0.15, 0.2) is 28.7 Å². The molecule has 0 saturated heterocycles. The van der Waals surface area contributed by atoms with E-state index in [2.05, 4.69) is 58.9 Å². The molecule has 3 heteroatoms. The summed E-state index contributed by atoms with van der Waals surface area (Å²) in [4.78, 5) is 2.53. The fraction of sp³-hybridized carbons (Fsp3) is 0.600. The normalized spacial score (nSPS) is 18.9. The van der Waals surface area contributed by atoms with Crippen molar-refractivity contribution in [2.75, 3.05) is 13.1 Å². The summed E-state index contributed by atoms with van der Waals surface area (Å²) in [7, 11) is 0. The van der Waals surface area contributed by atoms with Gasteiger partial charge in [0.25, 0.3) is 0 Å². The Morgan fingerprint density at radius 2 is 2.06 bits per heavy atom. The molecule has 1 saturated carbocycles. The van der Waals surface area contributed by atoms with Gasteiger partial charge in [0, 0.05) is 17.1 Å². The van der Waals surface area contributed by atoms with Crippen molar-refractivity contribution < 1.29 is 0 Å². The molecule has 100 valence electrons. The third-order valence-electron chi connectivity index (χ3n) is 3.71. The summed E-state index contributed by atoms with van der Waals surface area (Å²) in [6.45, 7) is 6.59.